The molecule has 42 heavy (non-hydrogen) atoms. The van der Waals surface area contributed by atoms with Crippen LogP contribution >= 0.6 is 0 Å². The van der Waals surface area contributed by atoms with Gasteiger partial charge in [-0.1, -0.05) is 24.3 Å². The highest BCUT2D eigenvalue weighted by molar-refractivity contribution is 5.98. The van der Waals surface area contributed by atoms with Crippen molar-refractivity contribution in [1.29, 1.82) is 0 Å². The quantitative estimate of drug-likeness (QED) is 0.200. The Bertz CT molecular complexity index is 1620. The van der Waals surface area contributed by atoms with Gasteiger partial charge >= 0.3 is 6.09 Å². The maximum Gasteiger partial charge on any atom is 0.407 e. The van der Waals surface area contributed by atoms with Gasteiger partial charge in [-0.3, -0.25) is 0 Å². The van der Waals surface area contributed by atoms with Crippen LogP contribution in [0.25, 0.3) is 22.0 Å². The number of alkyl halides is 2. The number of piperidine rings is 1. The number of nitrogens with one attached hydrogen (secondary N) is 2. The molecule has 2 aromatic carbocycles. The van der Waals surface area contributed by atoms with Gasteiger partial charge in [0.25, 0.3) is 5.92 Å². The zero-order chi connectivity index (χ0) is 29.3. The number of anilines is 2. The molecule has 3 heterocycles. The smallest absolute Gasteiger partial charge is 0.407 e. The second kappa shape index (κ2) is 11.4. The van der Waals surface area contributed by atoms with Crippen molar-refractivity contribution in [3.8, 4) is 22.9 Å². The number of aromatic nitrogens is 3. The van der Waals surface area contributed by atoms with Crippen LogP contribution in [-0.4, -0.2) is 62.7 Å². The molecule has 0 radical (unpaired) electrons. The lowest BCUT2D eigenvalue weighted by molar-refractivity contribution is 0.0978. The van der Waals surface area contributed by atoms with Crippen LogP contribution in [-0.2, 0) is 0 Å². The number of rotatable bonds is 9. The Labute approximate surface area is 242 Å². The summed E-state index contributed by atoms with van der Waals surface area (Å²) in [5.41, 5.74) is 3.06. The Morgan fingerprint density at radius 2 is 1.98 bits per heavy atom. The van der Waals surface area contributed by atoms with Gasteiger partial charge in [-0.05, 0) is 56.0 Å². The summed E-state index contributed by atoms with van der Waals surface area (Å²) < 4.78 is 33.1. The normalized spacial score (nSPS) is 19.4. The predicted molar refractivity (Wildman–Crippen MR) is 156 cm³/mol. The highest BCUT2D eigenvalue weighted by atomic mass is 19.3. The number of benzene rings is 2. The Morgan fingerprint density at radius 1 is 1.12 bits per heavy atom. The van der Waals surface area contributed by atoms with Crippen LogP contribution in [0.15, 0.2) is 60.9 Å². The molecular weight excluding hydrogens is 542 g/mol. The highest BCUT2D eigenvalue weighted by Crippen LogP contribution is 2.50. The average Bonchev–Trinajstić information content (AvgIpc) is 3.60. The lowest BCUT2D eigenvalue weighted by Gasteiger charge is -2.31. The van der Waals surface area contributed by atoms with Gasteiger partial charge < -0.3 is 25.4 Å². The zero-order valence-electron chi connectivity index (χ0n) is 23.2. The molecule has 4 aromatic rings. The second-order valence-corrected chi connectivity index (χ2v) is 10.9. The number of ether oxygens (including phenoxy) is 1. The van der Waals surface area contributed by atoms with Crippen molar-refractivity contribution in [2.75, 3.05) is 30.3 Å². The fraction of sp³-hybridized carbons (Fsp3) is 0.355. The molecule has 3 N–H and O–H groups in total. The van der Waals surface area contributed by atoms with E-state index in [1.807, 2.05) is 49.4 Å². The number of carbonyl (C=O) groups is 1. The van der Waals surface area contributed by atoms with E-state index in [4.69, 9.17) is 9.72 Å². The van der Waals surface area contributed by atoms with Crippen molar-refractivity contribution in [3.05, 3.63) is 66.5 Å². The number of likely N-dealkylation sites (tertiary alicyclic amines) is 1. The van der Waals surface area contributed by atoms with E-state index in [0.29, 0.717) is 54.9 Å². The van der Waals surface area contributed by atoms with Crippen molar-refractivity contribution in [2.45, 2.75) is 44.6 Å². The molecule has 0 bridgehead atoms. The summed E-state index contributed by atoms with van der Waals surface area (Å²) in [7, 11) is 0. The van der Waals surface area contributed by atoms with Crippen LogP contribution in [0.5, 0.6) is 11.6 Å². The SMILES string of the molecule is Cc1ccc2c(NCC[C@@H]3CC3(F)F)cccc2c1Oc1ncccc1-c1ccnc(N[C@H]2CCCN(C(=O)O)C2)n1. The maximum absolute atomic E-state index is 13.3. The molecular formula is C31H32F2N6O3. The number of nitrogens with zero attached hydrogens (tertiary/aromatic N) is 4. The van der Waals surface area contributed by atoms with Gasteiger partial charge in [-0.2, -0.15) is 0 Å². The molecule has 0 unspecified atom stereocenters. The van der Waals surface area contributed by atoms with E-state index in [2.05, 4.69) is 20.6 Å². The van der Waals surface area contributed by atoms with E-state index in [1.165, 1.54) is 4.90 Å². The number of amides is 1. The highest BCUT2D eigenvalue weighted by Gasteiger charge is 2.55. The van der Waals surface area contributed by atoms with Gasteiger partial charge in [0.15, 0.2) is 0 Å². The minimum atomic E-state index is -2.52. The van der Waals surface area contributed by atoms with Crippen molar-refractivity contribution in [1.82, 2.24) is 19.9 Å². The molecule has 1 saturated carbocycles. The van der Waals surface area contributed by atoms with Crippen LogP contribution in [0.1, 0.15) is 31.2 Å². The summed E-state index contributed by atoms with van der Waals surface area (Å²) >= 11 is 0. The van der Waals surface area contributed by atoms with Crippen LogP contribution < -0.4 is 15.4 Å². The van der Waals surface area contributed by atoms with Crippen molar-refractivity contribution < 1.29 is 23.4 Å². The summed E-state index contributed by atoms with van der Waals surface area (Å²) in [6.07, 6.45) is 4.36. The van der Waals surface area contributed by atoms with E-state index >= 15 is 0 Å². The number of hydrogen-bond donors (Lipinski definition) is 3. The standard InChI is InChI=1S/C31H32F2N6O3/c1-19-9-10-22-23(6-2-8-25(22)34-14-11-20-17-31(20,32)33)27(19)42-28-24(7-3-13-35-28)26-12-15-36-29(38-26)37-21-5-4-16-39(18-21)30(40)41/h2-3,6-10,12-13,15,20-21,34H,4-5,11,14,16-18H2,1H3,(H,40,41)(H,36,37,38)/t20-,21+/m1/s1. The predicted octanol–water partition coefficient (Wildman–Crippen LogP) is 6.80. The first kappa shape index (κ1) is 27.6. The minimum absolute atomic E-state index is 0.0262. The summed E-state index contributed by atoms with van der Waals surface area (Å²) in [6, 6.07) is 15.2. The molecule has 9 nitrogen and oxygen atoms in total. The number of hydrogen-bond acceptors (Lipinski definition) is 7. The fourth-order valence-corrected chi connectivity index (χ4v) is 5.49. The summed E-state index contributed by atoms with van der Waals surface area (Å²) in [6.45, 7) is 3.32. The third-order valence-corrected chi connectivity index (χ3v) is 7.90. The van der Waals surface area contributed by atoms with Crippen LogP contribution in [0.3, 0.4) is 0 Å². The van der Waals surface area contributed by atoms with E-state index < -0.39 is 17.9 Å². The van der Waals surface area contributed by atoms with E-state index in [9.17, 15) is 18.7 Å². The first-order chi connectivity index (χ1) is 20.3. The van der Waals surface area contributed by atoms with Crippen LogP contribution in [0, 0.1) is 12.8 Å². The van der Waals surface area contributed by atoms with Crippen molar-refractivity contribution >= 4 is 28.5 Å². The van der Waals surface area contributed by atoms with E-state index in [-0.39, 0.29) is 12.5 Å². The maximum atomic E-state index is 13.3. The van der Waals surface area contributed by atoms with Gasteiger partial charge in [0.2, 0.25) is 11.8 Å². The van der Waals surface area contributed by atoms with Gasteiger partial charge in [0.1, 0.15) is 5.75 Å². The number of fused-ring (bicyclic) bond motifs is 1. The Kier molecular flexibility index (Phi) is 7.49. The number of halogens is 2. The number of carboxylic acid groups (broad SMARTS) is 1. The molecule has 2 aromatic heterocycles. The molecule has 1 aliphatic carbocycles. The van der Waals surface area contributed by atoms with Crippen LogP contribution in [0.4, 0.5) is 25.2 Å². The molecule has 2 atom stereocenters. The number of aryl methyl sites for hydroxylation is 1. The Hall–Kier alpha value is -4.54. The monoisotopic (exact) mass is 574 g/mol. The topological polar surface area (TPSA) is 112 Å². The largest absolute Gasteiger partial charge is 0.465 e. The van der Waals surface area contributed by atoms with Crippen molar-refractivity contribution in [2.24, 2.45) is 5.92 Å². The molecule has 1 saturated heterocycles. The molecule has 11 heteroatoms. The third kappa shape index (κ3) is 5.90. The average molecular weight is 575 g/mol. The van der Waals surface area contributed by atoms with Gasteiger partial charge in [-0.15, -0.1) is 0 Å². The lowest BCUT2D eigenvalue weighted by Crippen LogP contribution is -2.44. The summed E-state index contributed by atoms with van der Waals surface area (Å²) in [5, 5.41) is 17.8. The Balaban J connectivity index is 1.24. The first-order valence-corrected chi connectivity index (χ1v) is 14.1. The minimum Gasteiger partial charge on any atom is -0.465 e. The second-order valence-electron chi connectivity index (χ2n) is 10.9. The van der Waals surface area contributed by atoms with E-state index in [0.717, 1.165) is 34.9 Å². The molecule has 1 amide bonds. The first-order valence-electron chi connectivity index (χ1n) is 14.1. The fourth-order valence-electron chi connectivity index (χ4n) is 5.49. The molecule has 0 spiro atoms. The molecule has 218 valence electrons. The molecule has 2 aliphatic rings. The summed E-state index contributed by atoms with van der Waals surface area (Å²) in [5.74, 6) is -1.63. The molecule has 1 aliphatic heterocycles. The zero-order valence-corrected chi connectivity index (χ0v) is 23.2. The van der Waals surface area contributed by atoms with E-state index in [1.54, 1.807) is 18.5 Å². The van der Waals surface area contributed by atoms with Gasteiger partial charge in [0, 0.05) is 66.9 Å². The molecule has 2 fully saturated rings. The third-order valence-electron chi connectivity index (χ3n) is 7.90. The van der Waals surface area contributed by atoms with Gasteiger partial charge in [-0.25, -0.2) is 28.5 Å². The van der Waals surface area contributed by atoms with Gasteiger partial charge in [0.05, 0.1) is 11.3 Å². The van der Waals surface area contributed by atoms with Crippen LogP contribution in [0.2, 0.25) is 0 Å². The Morgan fingerprint density at radius 3 is 2.79 bits per heavy atom. The number of pyridine rings is 1. The summed E-state index contributed by atoms with van der Waals surface area (Å²) in [4.78, 5) is 26.4. The molecule has 6 rings (SSSR count). The lowest BCUT2D eigenvalue weighted by atomic mass is 10.0. The van der Waals surface area contributed by atoms with Crippen molar-refractivity contribution in [3.63, 3.8) is 0 Å².